The number of benzene rings is 1. The molecule has 9 nitrogen and oxygen atoms in total. The van der Waals surface area contributed by atoms with Gasteiger partial charge >= 0.3 is 0 Å². The molecule has 158 valence electrons. The fraction of sp³-hybridized carbons (Fsp3) is 0.238. The van der Waals surface area contributed by atoms with Crippen molar-refractivity contribution < 1.29 is 9.34 Å². The lowest BCUT2D eigenvalue weighted by Gasteiger charge is -2.35. The molecule has 10 heteroatoms. The smallest absolute Gasteiger partial charge is 0.269 e. The van der Waals surface area contributed by atoms with Gasteiger partial charge in [0, 0.05) is 54.9 Å². The van der Waals surface area contributed by atoms with Crippen LogP contribution in [0.3, 0.4) is 0 Å². The number of aromatic nitrogens is 2. The van der Waals surface area contributed by atoms with Crippen LogP contribution >= 0.6 is 11.3 Å². The van der Waals surface area contributed by atoms with Gasteiger partial charge < -0.3 is 14.3 Å². The Morgan fingerprint density at radius 2 is 1.94 bits per heavy atom. The summed E-state index contributed by atoms with van der Waals surface area (Å²) in [5.74, 6) is 1.31. The van der Waals surface area contributed by atoms with Crippen LogP contribution in [0.4, 0.5) is 11.4 Å². The molecule has 1 aromatic carbocycles. The Kier molecular flexibility index (Phi) is 5.00. The quantitative estimate of drug-likeness (QED) is 0.376. The third-order valence-electron chi connectivity index (χ3n) is 5.45. The van der Waals surface area contributed by atoms with Crippen LogP contribution in [0.2, 0.25) is 0 Å². The van der Waals surface area contributed by atoms with E-state index in [1.165, 1.54) is 23.5 Å². The minimum absolute atomic E-state index is 0.0941. The van der Waals surface area contributed by atoms with Gasteiger partial charge in [-0.3, -0.25) is 19.8 Å². The van der Waals surface area contributed by atoms with E-state index in [0.717, 1.165) is 37.4 Å². The van der Waals surface area contributed by atoms with Gasteiger partial charge in [0.05, 0.1) is 23.1 Å². The van der Waals surface area contributed by atoms with Crippen molar-refractivity contribution in [3.05, 3.63) is 74.3 Å². The Hall–Kier alpha value is -3.50. The van der Waals surface area contributed by atoms with Crippen LogP contribution in [0.5, 0.6) is 0 Å². The van der Waals surface area contributed by atoms with E-state index in [1.807, 2.05) is 11.4 Å². The number of nitrogens with one attached hydrogen (secondary N) is 1. The van der Waals surface area contributed by atoms with E-state index in [4.69, 9.17) is 4.42 Å². The molecule has 1 aliphatic rings. The Balaban J connectivity index is 1.27. The first-order chi connectivity index (χ1) is 15.1. The molecule has 4 heterocycles. The zero-order chi connectivity index (χ0) is 21.4. The van der Waals surface area contributed by atoms with Gasteiger partial charge in [0.1, 0.15) is 16.4 Å². The number of nitro benzene ring substituents is 1. The van der Waals surface area contributed by atoms with Crippen LogP contribution in [0, 0.1) is 10.1 Å². The van der Waals surface area contributed by atoms with Crippen molar-refractivity contribution in [1.29, 1.82) is 0 Å². The molecular weight excluding hydrogens is 418 g/mol. The van der Waals surface area contributed by atoms with E-state index >= 15 is 0 Å². The first-order valence-corrected chi connectivity index (χ1v) is 10.7. The predicted molar refractivity (Wildman–Crippen MR) is 119 cm³/mol. The van der Waals surface area contributed by atoms with Gasteiger partial charge in [-0.2, -0.15) is 0 Å². The first-order valence-electron chi connectivity index (χ1n) is 9.84. The van der Waals surface area contributed by atoms with Crippen molar-refractivity contribution in [3.8, 4) is 11.3 Å². The molecule has 3 aromatic heterocycles. The van der Waals surface area contributed by atoms with Crippen molar-refractivity contribution in [3.63, 3.8) is 0 Å². The summed E-state index contributed by atoms with van der Waals surface area (Å²) >= 11 is 1.44. The molecule has 0 aliphatic carbocycles. The van der Waals surface area contributed by atoms with Crippen molar-refractivity contribution in [2.75, 3.05) is 31.1 Å². The first kappa shape index (κ1) is 19.5. The van der Waals surface area contributed by atoms with Crippen LogP contribution in [-0.4, -0.2) is 46.0 Å². The second-order valence-electron chi connectivity index (χ2n) is 7.36. The summed E-state index contributed by atoms with van der Waals surface area (Å²) in [4.78, 5) is 35.9. The molecule has 1 aliphatic heterocycles. The van der Waals surface area contributed by atoms with E-state index in [-0.39, 0.29) is 11.2 Å². The Bertz CT molecular complexity index is 1270. The van der Waals surface area contributed by atoms with Crippen LogP contribution in [0.15, 0.2) is 57.3 Å². The van der Waals surface area contributed by atoms with E-state index in [0.29, 0.717) is 28.3 Å². The monoisotopic (exact) mass is 437 g/mol. The van der Waals surface area contributed by atoms with Gasteiger partial charge in [-0.25, -0.2) is 4.98 Å². The standard InChI is InChI=1S/C21H19N5O4S/c27-20-19-16(17-2-1-11-30-17)13-31-21(19)23-18(22-20)12-24-7-9-25(10-8-24)14-3-5-15(6-4-14)26(28)29/h1-6,11,13H,7-10,12H2,(H,22,23,27). The highest BCUT2D eigenvalue weighted by molar-refractivity contribution is 7.17. The number of H-pyrrole nitrogens is 1. The summed E-state index contributed by atoms with van der Waals surface area (Å²) in [7, 11) is 0. The third kappa shape index (κ3) is 3.82. The molecule has 31 heavy (non-hydrogen) atoms. The fourth-order valence-electron chi connectivity index (χ4n) is 3.84. The van der Waals surface area contributed by atoms with Crippen molar-refractivity contribution >= 4 is 32.9 Å². The van der Waals surface area contributed by atoms with E-state index < -0.39 is 4.92 Å². The van der Waals surface area contributed by atoms with Crippen LogP contribution < -0.4 is 10.5 Å². The molecule has 0 spiro atoms. The van der Waals surface area contributed by atoms with E-state index in [2.05, 4.69) is 19.8 Å². The van der Waals surface area contributed by atoms with Crippen molar-refractivity contribution in [2.45, 2.75) is 6.54 Å². The summed E-state index contributed by atoms with van der Waals surface area (Å²) in [6.45, 7) is 3.77. The number of anilines is 1. The van der Waals surface area contributed by atoms with Crippen molar-refractivity contribution in [1.82, 2.24) is 14.9 Å². The minimum atomic E-state index is -0.391. The lowest BCUT2D eigenvalue weighted by molar-refractivity contribution is -0.384. The summed E-state index contributed by atoms with van der Waals surface area (Å²) in [5.41, 5.74) is 1.68. The number of hydrogen-bond donors (Lipinski definition) is 1. The summed E-state index contributed by atoms with van der Waals surface area (Å²) < 4.78 is 5.44. The number of piperazine rings is 1. The van der Waals surface area contributed by atoms with Crippen LogP contribution in [0.25, 0.3) is 21.5 Å². The molecule has 5 rings (SSSR count). The van der Waals surface area contributed by atoms with Gasteiger partial charge in [0.2, 0.25) is 0 Å². The molecule has 0 unspecified atom stereocenters. The summed E-state index contributed by atoms with van der Waals surface area (Å²) in [6, 6.07) is 10.3. The van der Waals surface area contributed by atoms with Gasteiger partial charge in [-0.15, -0.1) is 11.3 Å². The summed E-state index contributed by atoms with van der Waals surface area (Å²) in [5, 5.41) is 13.3. The van der Waals surface area contributed by atoms with E-state index in [1.54, 1.807) is 24.5 Å². The normalized spacial score (nSPS) is 14.9. The molecular formula is C21H19N5O4S. The minimum Gasteiger partial charge on any atom is -0.464 e. The maximum atomic E-state index is 12.7. The second kappa shape index (κ2) is 7.97. The molecule has 1 fully saturated rings. The predicted octanol–water partition coefficient (Wildman–Crippen LogP) is 3.48. The fourth-order valence-corrected chi connectivity index (χ4v) is 4.79. The molecule has 1 saturated heterocycles. The number of nitro groups is 1. The average molecular weight is 437 g/mol. The number of nitrogens with zero attached hydrogens (tertiary/aromatic N) is 4. The molecule has 0 amide bonds. The molecule has 0 bridgehead atoms. The highest BCUT2D eigenvalue weighted by Crippen LogP contribution is 2.31. The molecule has 4 aromatic rings. The Labute approximate surface area is 180 Å². The number of fused-ring (bicyclic) bond motifs is 1. The zero-order valence-corrected chi connectivity index (χ0v) is 17.3. The third-order valence-corrected chi connectivity index (χ3v) is 6.32. The van der Waals surface area contributed by atoms with Crippen molar-refractivity contribution in [2.24, 2.45) is 0 Å². The highest BCUT2D eigenvalue weighted by Gasteiger charge is 2.20. The van der Waals surface area contributed by atoms with Crippen LogP contribution in [0.1, 0.15) is 5.82 Å². The van der Waals surface area contributed by atoms with Crippen LogP contribution in [-0.2, 0) is 6.54 Å². The van der Waals surface area contributed by atoms with Gasteiger partial charge in [-0.05, 0) is 24.3 Å². The highest BCUT2D eigenvalue weighted by atomic mass is 32.1. The molecule has 0 atom stereocenters. The molecule has 0 saturated carbocycles. The molecule has 0 radical (unpaired) electrons. The van der Waals surface area contributed by atoms with Gasteiger partial charge in [0.15, 0.2) is 0 Å². The number of non-ortho nitro benzene ring substituents is 1. The largest absolute Gasteiger partial charge is 0.464 e. The van der Waals surface area contributed by atoms with Gasteiger partial charge in [-0.1, -0.05) is 0 Å². The number of hydrogen-bond acceptors (Lipinski definition) is 8. The number of aromatic amines is 1. The lowest BCUT2D eigenvalue weighted by atomic mass is 10.2. The maximum Gasteiger partial charge on any atom is 0.269 e. The average Bonchev–Trinajstić information content (AvgIpc) is 3.44. The maximum absolute atomic E-state index is 12.7. The Morgan fingerprint density at radius 1 is 1.16 bits per heavy atom. The molecule has 1 N–H and O–H groups in total. The number of rotatable bonds is 5. The number of furan rings is 1. The van der Waals surface area contributed by atoms with Gasteiger partial charge in [0.25, 0.3) is 11.2 Å². The number of thiophene rings is 1. The second-order valence-corrected chi connectivity index (χ2v) is 8.21. The van der Waals surface area contributed by atoms with E-state index in [9.17, 15) is 14.9 Å². The lowest BCUT2D eigenvalue weighted by Crippen LogP contribution is -2.46. The summed E-state index contributed by atoms with van der Waals surface area (Å²) in [6.07, 6.45) is 1.59. The Morgan fingerprint density at radius 3 is 2.61 bits per heavy atom. The topological polar surface area (TPSA) is 109 Å². The zero-order valence-electron chi connectivity index (χ0n) is 16.5. The SMILES string of the molecule is O=c1[nH]c(CN2CCN(c3ccc([N+](=O)[O-])cc3)CC2)nc2scc(-c3ccco3)c12.